The van der Waals surface area contributed by atoms with Gasteiger partial charge in [0.2, 0.25) is 0 Å². The van der Waals surface area contributed by atoms with Gasteiger partial charge in [0.15, 0.2) is 0 Å². The van der Waals surface area contributed by atoms with Gasteiger partial charge in [-0.2, -0.15) is 0 Å². The number of benzene rings is 1. The zero-order chi connectivity index (χ0) is 10.9. The molecule has 1 aromatic carbocycles. The van der Waals surface area contributed by atoms with E-state index in [4.69, 9.17) is 4.74 Å². The molecule has 0 radical (unpaired) electrons. The molecular formula is C13H20NO+. The van der Waals surface area contributed by atoms with Crippen LogP contribution in [0.15, 0.2) is 36.9 Å². The Hall–Kier alpha value is -1.28. The molecule has 0 aliphatic heterocycles. The van der Waals surface area contributed by atoms with E-state index in [0.717, 1.165) is 31.9 Å². The van der Waals surface area contributed by atoms with Crippen molar-refractivity contribution in [2.45, 2.75) is 13.3 Å². The Morgan fingerprint density at radius 3 is 3.07 bits per heavy atom. The molecule has 0 amide bonds. The molecule has 15 heavy (non-hydrogen) atoms. The van der Waals surface area contributed by atoms with Crippen LogP contribution < -0.4 is 10.1 Å². The predicted octanol–water partition coefficient (Wildman–Crippen LogP) is 1.38. The molecule has 0 aliphatic carbocycles. The van der Waals surface area contributed by atoms with Crippen LogP contribution in [0.3, 0.4) is 0 Å². The van der Waals surface area contributed by atoms with Gasteiger partial charge in [0.25, 0.3) is 0 Å². The van der Waals surface area contributed by atoms with Crippen LogP contribution in [0.1, 0.15) is 12.5 Å². The van der Waals surface area contributed by atoms with Crippen molar-refractivity contribution in [3.63, 3.8) is 0 Å². The predicted molar refractivity (Wildman–Crippen MR) is 63.2 cm³/mol. The minimum atomic E-state index is 0.751. The van der Waals surface area contributed by atoms with Crippen molar-refractivity contribution < 1.29 is 10.1 Å². The highest BCUT2D eigenvalue weighted by molar-refractivity contribution is 5.28. The van der Waals surface area contributed by atoms with Gasteiger partial charge in [0.1, 0.15) is 18.9 Å². The van der Waals surface area contributed by atoms with Gasteiger partial charge in [-0.05, 0) is 30.2 Å². The monoisotopic (exact) mass is 206 g/mol. The van der Waals surface area contributed by atoms with E-state index < -0.39 is 0 Å². The lowest BCUT2D eigenvalue weighted by Crippen LogP contribution is -2.85. The topological polar surface area (TPSA) is 25.8 Å². The van der Waals surface area contributed by atoms with E-state index in [1.54, 1.807) is 0 Å². The van der Waals surface area contributed by atoms with Crippen LogP contribution in [-0.2, 0) is 6.42 Å². The highest BCUT2D eigenvalue weighted by Gasteiger charge is 1.95. The second-order valence-corrected chi connectivity index (χ2v) is 3.45. The van der Waals surface area contributed by atoms with Crippen LogP contribution in [0.4, 0.5) is 0 Å². The summed E-state index contributed by atoms with van der Waals surface area (Å²) in [6.07, 6.45) is 2.96. The van der Waals surface area contributed by atoms with E-state index in [2.05, 4.69) is 31.0 Å². The van der Waals surface area contributed by atoms with Crippen LogP contribution >= 0.6 is 0 Å². The molecule has 2 N–H and O–H groups in total. The quantitative estimate of drug-likeness (QED) is 0.529. The van der Waals surface area contributed by atoms with Crippen molar-refractivity contribution in [3.8, 4) is 5.75 Å². The second kappa shape index (κ2) is 7.07. The van der Waals surface area contributed by atoms with Crippen molar-refractivity contribution in [2.75, 3.05) is 19.7 Å². The van der Waals surface area contributed by atoms with Crippen LogP contribution in [0.25, 0.3) is 0 Å². The summed E-state index contributed by atoms with van der Waals surface area (Å²) in [5, 5.41) is 2.18. The van der Waals surface area contributed by atoms with Gasteiger partial charge in [-0.3, -0.25) is 0 Å². The summed E-state index contributed by atoms with van der Waals surface area (Å²) in [5.74, 6) is 0.973. The van der Waals surface area contributed by atoms with Crippen molar-refractivity contribution in [1.82, 2.24) is 0 Å². The first kappa shape index (κ1) is 11.8. The van der Waals surface area contributed by atoms with E-state index in [1.807, 2.05) is 18.2 Å². The Morgan fingerprint density at radius 1 is 1.47 bits per heavy atom. The molecule has 0 aliphatic rings. The van der Waals surface area contributed by atoms with E-state index in [0.29, 0.717) is 0 Å². The highest BCUT2D eigenvalue weighted by Crippen LogP contribution is 2.12. The Balaban J connectivity index is 2.27. The molecule has 0 saturated heterocycles. The fourth-order valence-electron chi connectivity index (χ4n) is 1.35. The van der Waals surface area contributed by atoms with Gasteiger partial charge in [0, 0.05) is 0 Å². The SMILES string of the molecule is C=CC[NH2+]CCOc1cccc(CC)c1. The lowest BCUT2D eigenvalue weighted by molar-refractivity contribution is -0.646. The van der Waals surface area contributed by atoms with E-state index >= 15 is 0 Å². The van der Waals surface area contributed by atoms with Crippen LogP contribution in [-0.4, -0.2) is 19.7 Å². The normalized spacial score (nSPS) is 9.93. The van der Waals surface area contributed by atoms with Crippen molar-refractivity contribution in [3.05, 3.63) is 42.5 Å². The third-order valence-electron chi connectivity index (χ3n) is 2.23. The average molecular weight is 206 g/mol. The molecule has 82 valence electrons. The zero-order valence-electron chi connectivity index (χ0n) is 9.41. The molecule has 0 spiro atoms. The number of ether oxygens (including phenoxy) is 1. The molecule has 0 saturated carbocycles. The standard InChI is InChI=1S/C13H19NO/c1-3-8-14-9-10-15-13-7-5-6-12(4-2)11-13/h3,5-7,11,14H,1,4,8-10H2,2H3/p+1. The van der Waals surface area contributed by atoms with Crippen LogP contribution in [0.5, 0.6) is 5.75 Å². The summed E-state index contributed by atoms with van der Waals surface area (Å²) in [5.41, 5.74) is 1.32. The van der Waals surface area contributed by atoms with Crippen molar-refractivity contribution in [2.24, 2.45) is 0 Å². The fourth-order valence-corrected chi connectivity index (χ4v) is 1.35. The Labute approximate surface area is 92.0 Å². The highest BCUT2D eigenvalue weighted by atomic mass is 16.5. The maximum atomic E-state index is 5.63. The van der Waals surface area contributed by atoms with Gasteiger partial charge >= 0.3 is 0 Å². The summed E-state index contributed by atoms with van der Waals surface area (Å²) >= 11 is 0. The van der Waals surface area contributed by atoms with E-state index in [9.17, 15) is 0 Å². The third-order valence-corrected chi connectivity index (χ3v) is 2.23. The first-order chi connectivity index (χ1) is 7.36. The first-order valence-corrected chi connectivity index (χ1v) is 5.51. The molecule has 0 fully saturated rings. The number of aryl methyl sites for hydroxylation is 1. The Bertz CT molecular complexity index is 296. The molecule has 0 aromatic heterocycles. The van der Waals surface area contributed by atoms with E-state index in [1.165, 1.54) is 5.56 Å². The minimum absolute atomic E-state index is 0.751. The van der Waals surface area contributed by atoms with Crippen LogP contribution in [0, 0.1) is 0 Å². The second-order valence-electron chi connectivity index (χ2n) is 3.45. The molecule has 2 heteroatoms. The lowest BCUT2D eigenvalue weighted by Gasteiger charge is -2.06. The summed E-state index contributed by atoms with van der Waals surface area (Å²) in [6.45, 7) is 8.50. The maximum absolute atomic E-state index is 5.63. The van der Waals surface area contributed by atoms with E-state index in [-0.39, 0.29) is 0 Å². The Morgan fingerprint density at radius 2 is 2.33 bits per heavy atom. The molecule has 0 atom stereocenters. The van der Waals surface area contributed by atoms with Gasteiger partial charge in [-0.25, -0.2) is 0 Å². The number of nitrogens with two attached hydrogens (primary N) is 1. The average Bonchev–Trinajstić information content (AvgIpc) is 2.29. The third kappa shape index (κ3) is 4.66. The number of hydrogen-bond acceptors (Lipinski definition) is 1. The van der Waals surface area contributed by atoms with Crippen LogP contribution in [0.2, 0.25) is 0 Å². The Kier molecular flexibility index (Phi) is 5.56. The van der Waals surface area contributed by atoms with Gasteiger partial charge in [0.05, 0.1) is 6.54 Å². The molecule has 2 nitrogen and oxygen atoms in total. The summed E-state index contributed by atoms with van der Waals surface area (Å²) in [7, 11) is 0. The lowest BCUT2D eigenvalue weighted by atomic mass is 10.2. The summed E-state index contributed by atoms with van der Waals surface area (Å²) < 4.78 is 5.63. The first-order valence-electron chi connectivity index (χ1n) is 5.51. The molecule has 1 rings (SSSR count). The van der Waals surface area contributed by atoms with Gasteiger partial charge < -0.3 is 10.1 Å². The minimum Gasteiger partial charge on any atom is -0.488 e. The molecule has 0 unspecified atom stereocenters. The number of quaternary nitrogens is 1. The maximum Gasteiger partial charge on any atom is 0.137 e. The smallest absolute Gasteiger partial charge is 0.137 e. The fraction of sp³-hybridized carbons (Fsp3) is 0.385. The van der Waals surface area contributed by atoms with Crippen molar-refractivity contribution >= 4 is 0 Å². The van der Waals surface area contributed by atoms with Gasteiger partial charge in [-0.1, -0.05) is 25.6 Å². The molecule has 0 bridgehead atoms. The largest absolute Gasteiger partial charge is 0.488 e. The number of hydrogen-bond donors (Lipinski definition) is 1. The molecule has 0 heterocycles. The molecule has 1 aromatic rings. The summed E-state index contributed by atoms with van der Waals surface area (Å²) in [6, 6.07) is 8.28. The van der Waals surface area contributed by atoms with Crippen molar-refractivity contribution in [1.29, 1.82) is 0 Å². The zero-order valence-corrected chi connectivity index (χ0v) is 9.41. The summed E-state index contributed by atoms with van der Waals surface area (Å²) in [4.78, 5) is 0. The molecular weight excluding hydrogens is 186 g/mol. The van der Waals surface area contributed by atoms with Gasteiger partial charge in [-0.15, -0.1) is 0 Å². The number of rotatable bonds is 7.